The molecular formula is C23H26FN3O2. The molecule has 0 aliphatic carbocycles. The lowest BCUT2D eigenvalue weighted by molar-refractivity contribution is 0.296. The van der Waals surface area contributed by atoms with Gasteiger partial charge in [0.15, 0.2) is 11.5 Å². The molecule has 2 aromatic carbocycles. The van der Waals surface area contributed by atoms with Crippen LogP contribution in [0.25, 0.3) is 0 Å². The predicted octanol–water partition coefficient (Wildman–Crippen LogP) is 4.17. The van der Waals surface area contributed by atoms with Crippen LogP contribution < -0.4 is 9.47 Å². The van der Waals surface area contributed by atoms with E-state index in [1.807, 2.05) is 36.4 Å². The topological polar surface area (TPSA) is 50.4 Å². The predicted molar refractivity (Wildman–Crippen MR) is 110 cm³/mol. The Hall–Kier alpha value is -2.86. The quantitative estimate of drug-likeness (QED) is 0.622. The Balaban J connectivity index is 1.27. The van der Waals surface area contributed by atoms with Gasteiger partial charge in [0.2, 0.25) is 0 Å². The molecule has 1 aromatic heterocycles. The van der Waals surface area contributed by atoms with Gasteiger partial charge in [0.1, 0.15) is 5.82 Å². The van der Waals surface area contributed by atoms with Crippen LogP contribution in [-0.2, 0) is 13.0 Å². The molecular weight excluding hydrogens is 369 g/mol. The van der Waals surface area contributed by atoms with Crippen molar-refractivity contribution in [3.05, 3.63) is 77.4 Å². The van der Waals surface area contributed by atoms with Gasteiger partial charge in [-0.15, -0.1) is 0 Å². The molecule has 4 rings (SSSR count). The summed E-state index contributed by atoms with van der Waals surface area (Å²) in [6.45, 7) is 3.41. The minimum Gasteiger partial charge on any atom is -0.493 e. The largest absolute Gasteiger partial charge is 0.493 e. The first-order chi connectivity index (χ1) is 14.2. The molecule has 1 atom stereocenters. The lowest BCUT2D eigenvalue weighted by Crippen LogP contribution is -2.19. The Bertz CT molecular complexity index is 926. The maximum atomic E-state index is 13.1. The molecule has 0 bridgehead atoms. The summed E-state index contributed by atoms with van der Waals surface area (Å²) in [5.74, 6) is 1.73. The van der Waals surface area contributed by atoms with Crippen molar-refractivity contribution in [1.82, 2.24) is 15.1 Å². The number of nitrogens with zero attached hydrogens (tertiary/aromatic N) is 2. The third kappa shape index (κ3) is 4.95. The highest BCUT2D eigenvalue weighted by Gasteiger charge is 2.25. The minimum atomic E-state index is -0.188. The molecule has 0 radical (unpaired) electrons. The van der Waals surface area contributed by atoms with Crippen molar-refractivity contribution in [3.8, 4) is 11.5 Å². The number of likely N-dealkylation sites (tertiary alicyclic amines) is 1. The fourth-order valence-electron chi connectivity index (χ4n) is 3.79. The van der Waals surface area contributed by atoms with Gasteiger partial charge in [0.05, 0.1) is 19.4 Å². The molecule has 1 aliphatic heterocycles. The van der Waals surface area contributed by atoms with Crippen LogP contribution in [0.2, 0.25) is 0 Å². The zero-order valence-corrected chi connectivity index (χ0v) is 16.6. The van der Waals surface area contributed by atoms with Gasteiger partial charge in [-0.1, -0.05) is 24.3 Å². The van der Waals surface area contributed by atoms with Crippen LogP contribution in [0.3, 0.4) is 0 Å². The van der Waals surface area contributed by atoms with E-state index in [0.29, 0.717) is 12.5 Å². The first-order valence-electron chi connectivity index (χ1n) is 9.98. The number of hydrogen-bond donors (Lipinski definition) is 1. The third-order valence-corrected chi connectivity index (χ3v) is 5.36. The summed E-state index contributed by atoms with van der Waals surface area (Å²) in [7, 11) is 1.64. The van der Waals surface area contributed by atoms with Crippen molar-refractivity contribution in [1.29, 1.82) is 0 Å². The average Bonchev–Trinajstić information content (AvgIpc) is 3.40. The first-order valence-corrected chi connectivity index (χ1v) is 9.98. The SMILES string of the molecule is COc1ccccc1OCCc1cc([C@H]2CCN(Cc3ccc(F)cc3)C2)n[nH]1. The lowest BCUT2D eigenvalue weighted by Gasteiger charge is -2.15. The van der Waals surface area contributed by atoms with E-state index in [1.54, 1.807) is 7.11 Å². The number of benzene rings is 2. The number of aromatic nitrogens is 2. The summed E-state index contributed by atoms with van der Waals surface area (Å²) in [6.07, 6.45) is 1.85. The molecule has 1 N–H and O–H groups in total. The van der Waals surface area contributed by atoms with Crippen molar-refractivity contribution in [2.75, 3.05) is 26.8 Å². The molecule has 1 saturated heterocycles. The van der Waals surface area contributed by atoms with Crippen LogP contribution >= 0.6 is 0 Å². The van der Waals surface area contributed by atoms with E-state index >= 15 is 0 Å². The second-order valence-electron chi connectivity index (χ2n) is 7.41. The van der Waals surface area contributed by atoms with Crippen LogP contribution in [0.4, 0.5) is 4.39 Å². The molecule has 1 aliphatic rings. The summed E-state index contributed by atoms with van der Waals surface area (Å²) in [5, 5.41) is 7.68. The van der Waals surface area contributed by atoms with Gasteiger partial charge in [-0.3, -0.25) is 10.00 Å². The van der Waals surface area contributed by atoms with Crippen LogP contribution in [-0.4, -0.2) is 41.9 Å². The van der Waals surface area contributed by atoms with Crippen LogP contribution in [0.15, 0.2) is 54.6 Å². The van der Waals surface area contributed by atoms with Gasteiger partial charge in [-0.2, -0.15) is 5.10 Å². The molecule has 6 heteroatoms. The van der Waals surface area contributed by atoms with Crippen LogP contribution in [0.1, 0.15) is 29.3 Å². The van der Waals surface area contributed by atoms with E-state index in [1.165, 1.54) is 12.1 Å². The van der Waals surface area contributed by atoms with Crippen molar-refractivity contribution >= 4 is 0 Å². The van der Waals surface area contributed by atoms with Gasteiger partial charge in [0.25, 0.3) is 0 Å². The van der Waals surface area contributed by atoms with Crippen molar-refractivity contribution in [3.63, 3.8) is 0 Å². The van der Waals surface area contributed by atoms with E-state index in [-0.39, 0.29) is 5.82 Å². The van der Waals surface area contributed by atoms with Gasteiger partial charge < -0.3 is 9.47 Å². The summed E-state index contributed by atoms with van der Waals surface area (Å²) in [5.41, 5.74) is 3.33. The fourth-order valence-corrected chi connectivity index (χ4v) is 3.79. The van der Waals surface area contributed by atoms with E-state index < -0.39 is 0 Å². The zero-order valence-electron chi connectivity index (χ0n) is 16.6. The summed E-state index contributed by atoms with van der Waals surface area (Å²) >= 11 is 0. The Kier molecular flexibility index (Phi) is 6.10. The van der Waals surface area contributed by atoms with Crippen LogP contribution in [0.5, 0.6) is 11.5 Å². The number of nitrogens with one attached hydrogen (secondary N) is 1. The lowest BCUT2D eigenvalue weighted by atomic mass is 10.0. The monoisotopic (exact) mass is 395 g/mol. The second-order valence-corrected chi connectivity index (χ2v) is 7.41. The second kappa shape index (κ2) is 9.09. The Morgan fingerprint density at radius 1 is 1.14 bits per heavy atom. The third-order valence-electron chi connectivity index (χ3n) is 5.36. The number of H-pyrrole nitrogens is 1. The number of ether oxygens (including phenoxy) is 2. The molecule has 0 unspecified atom stereocenters. The number of para-hydroxylation sites is 2. The average molecular weight is 395 g/mol. The number of rotatable bonds is 8. The Morgan fingerprint density at radius 2 is 1.93 bits per heavy atom. The first kappa shape index (κ1) is 19.5. The van der Waals surface area contributed by atoms with Crippen molar-refractivity contribution in [2.45, 2.75) is 25.3 Å². The van der Waals surface area contributed by atoms with E-state index in [4.69, 9.17) is 9.47 Å². The summed E-state index contributed by atoms with van der Waals surface area (Å²) in [6, 6.07) is 16.6. The number of aromatic amines is 1. The molecule has 29 heavy (non-hydrogen) atoms. The van der Waals surface area contributed by atoms with Gasteiger partial charge in [-0.05, 0) is 48.9 Å². The molecule has 1 fully saturated rings. The van der Waals surface area contributed by atoms with E-state index in [2.05, 4.69) is 21.2 Å². The Labute approximate surface area is 170 Å². The standard InChI is InChI=1S/C23H26FN3O2/c1-28-22-4-2-3-5-23(22)29-13-11-20-14-21(26-25-20)18-10-12-27(16-18)15-17-6-8-19(24)9-7-17/h2-9,14,18H,10-13,15-16H2,1H3,(H,25,26)/t18-/m0/s1. The normalized spacial score (nSPS) is 16.8. The van der Waals surface area contributed by atoms with Gasteiger partial charge in [-0.25, -0.2) is 4.39 Å². The maximum Gasteiger partial charge on any atom is 0.161 e. The highest BCUT2D eigenvalue weighted by atomic mass is 19.1. The smallest absolute Gasteiger partial charge is 0.161 e. The van der Waals surface area contributed by atoms with Crippen molar-refractivity contribution in [2.24, 2.45) is 0 Å². The molecule has 0 amide bonds. The maximum absolute atomic E-state index is 13.1. The number of halogens is 1. The highest BCUT2D eigenvalue weighted by Crippen LogP contribution is 2.28. The summed E-state index contributed by atoms with van der Waals surface area (Å²) < 4.78 is 24.2. The molecule has 2 heterocycles. The van der Waals surface area contributed by atoms with E-state index in [0.717, 1.165) is 60.9 Å². The molecule has 152 valence electrons. The molecule has 3 aromatic rings. The highest BCUT2D eigenvalue weighted by molar-refractivity contribution is 5.39. The molecule has 0 saturated carbocycles. The number of methoxy groups -OCH3 is 1. The fraction of sp³-hybridized carbons (Fsp3) is 0.348. The molecule has 5 nitrogen and oxygen atoms in total. The minimum absolute atomic E-state index is 0.188. The van der Waals surface area contributed by atoms with Gasteiger partial charge >= 0.3 is 0 Å². The molecule has 0 spiro atoms. The van der Waals surface area contributed by atoms with Crippen molar-refractivity contribution < 1.29 is 13.9 Å². The summed E-state index contributed by atoms with van der Waals surface area (Å²) in [4.78, 5) is 2.40. The van der Waals surface area contributed by atoms with E-state index in [9.17, 15) is 4.39 Å². The number of hydrogen-bond acceptors (Lipinski definition) is 4. The Morgan fingerprint density at radius 3 is 2.72 bits per heavy atom. The van der Waals surface area contributed by atoms with Gasteiger partial charge in [0, 0.05) is 31.1 Å². The van der Waals surface area contributed by atoms with Crippen LogP contribution in [0, 0.1) is 5.82 Å². The zero-order chi connectivity index (χ0) is 20.1.